The molecule has 0 aromatic heterocycles. The molecule has 1 aliphatic rings. The van der Waals surface area contributed by atoms with Crippen LogP contribution in [0.5, 0.6) is 0 Å². The molecule has 3 rings (SSSR count). The van der Waals surface area contributed by atoms with Gasteiger partial charge in [0, 0.05) is 29.8 Å². The van der Waals surface area contributed by atoms with Crippen LogP contribution in [0.4, 0.5) is 5.69 Å². The molecule has 0 saturated heterocycles. The predicted molar refractivity (Wildman–Crippen MR) is 124 cm³/mol. The van der Waals surface area contributed by atoms with Gasteiger partial charge in [-0.1, -0.05) is 47.6 Å². The van der Waals surface area contributed by atoms with Gasteiger partial charge in [-0.2, -0.15) is 5.10 Å². The van der Waals surface area contributed by atoms with E-state index in [1.54, 1.807) is 29.3 Å². The molecule has 0 aliphatic carbocycles. The first-order valence-electron chi connectivity index (χ1n) is 9.06. The second kappa shape index (κ2) is 8.69. The quantitative estimate of drug-likeness (QED) is 0.681. The van der Waals surface area contributed by atoms with Crippen molar-refractivity contribution in [1.82, 2.24) is 9.91 Å². The van der Waals surface area contributed by atoms with Crippen molar-refractivity contribution < 1.29 is 4.79 Å². The second-order valence-corrected chi connectivity index (χ2v) is 8.62. The van der Waals surface area contributed by atoms with E-state index < -0.39 is 5.41 Å². The molecular weight excluding hydrogens is 427 g/mol. The number of hydrogen-bond donors (Lipinski definition) is 1. The molecule has 1 N–H and O–H groups in total. The zero-order chi connectivity index (χ0) is 21.2. The third-order valence-electron chi connectivity index (χ3n) is 4.71. The Hall–Kier alpha value is -2.15. The summed E-state index contributed by atoms with van der Waals surface area (Å²) in [6.45, 7) is 2.68. The van der Waals surface area contributed by atoms with Gasteiger partial charge in [0.25, 0.3) is 0 Å². The number of rotatable bonds is 5. The fraction of sp³-hybridized carbons (Fsp3) is 0.286. The number of nitrogens with one attached hydrogen (secondary N) is 1. The van der Waals surface area contributed by atoms with Crippen LogP contribution >= 0.6 is 35.4 Å². The van der Waals surface area contributed by atoms with Crippen molar-refractivity contribution in [2.45, 2.75) is 6.92 Å². The number of amides is 1. The lowest BCUT2D eigenvalue weighted by Crippen LogP contribution is -2.45. The number of halogens is 2. The van der Waals surface area contributed by atoms with Gasteiger partial charge in [-0.25, -0.2) is 0 Å². The number of hydrogen-bond acceptors (Lipinski definition) is 4. The summed E-state index contributed by atoms with van der Waals surface area (Å²) in [5.74, 6) is -0.161. The highest BCUT2D eigenvalue weighted by molar-refractivity contribution is 7.80. The van der Waals surface area contributed by atoms with E-state index in [1.807, 2.05) is 43.3 Å². The summed E-state index contributed by atoms with van der Waals surface area (Å²) in [5, 5.41) is 10.6. The molecule has 2 aromatic carbocycles. The molecular formula is C21H22Cl2N4OS. The molecule has 8 heteroatoms. The van der Waals surface area contributed by atoms with Crippen molar-refractivity contribution in [2.24, 2.45) is 10.5 Å². The SMILES string of the molecule is CN(C)C(=S)C1(C)CN(CC(=O)Nc2ccc(Cl)cc2)N=C1c1ccc(Cl)cc1. The van der Waals surface area contributed by atoms with Crippen molar-refractivity contribution >= 4 is 57.7 Å². The number of carbonyl (C=O) groups is 1. The Labute approximate surface area is 186 Å². The van der Waals surface area contributed by atoms with Gasteiger partial charge >= 0.3 is 0 Å². The first-order chi connectivity index (χ1) is 13.7. The lowest BCUT2D eigenvalue weighted by atomic mass is 9.81. The Kier molecular flexibility index (Phi) is 6.46. The molecule has 0 fully saturated rings. The predicted octanol–water partition coefficient (Wildman–Crippen LogP) is 4.55. The summed E-state index contributed by atoms with van der Waals surface area (Å²) < 4.78 is 0. The first kappa shape index (κ1) is 21.6. The smallest absolute Gasteiger partial charge is 0.245 e. The van der Waals surface area contributed by atoms with Crippen molar-refractivity contribution in [3.63, 3.8) is 0 Å². The minimum Gasteiger partial charge on any atom is -0.371 e. The van der Waals surface area contributed by atoms with Crippen LogP contribution in [0.1, 0.15) is 12.5 Å². The molecule has 1 unspecified atom stereocenters. The first-order valence-corrected chi connectivity index (χ1v) is 10.2. The highest BCUT2D eigenvalue weighted by Gasteiger charge is 2.44. The Morgan fingerprint density at radius 3 is 2.24 bits per heavy atom. The summed E-state index contributed by atoms with van der Waals surface area (Å²) in [4.78, 5) is 15.2. The topological polar surface area (TPSA) is 47.9 Å². The van der Waals surface area contributed by atoms with Gasteiger partial charge in [0.05, 0.1) is 22.7 Å². The Balaban J connectivity index is 1.82. The number of nitrogens with zero attached hydrogens (tertiary/aromatic N) is 3. The zero-order valence-corrected chi connectivity index (χ0v) is 18.8. The van der Waals surface area contributed by atoms with Crippen LogP contribution in [0, 0.1) is 5.41 Å². The van der Waals surface area contributed by atoms with Crippen LogP contribution in [0.15, 0.2) is 53.6 Å². The number of anilines is 1. The summed E-state index contributed by atoms with van der Waals surface area (Å²) in [6, 6.07) is 14.5. The van der Waals surface area contributed by atoms with Gasteiger partial charge in [0.2, 0.25) is 5.91 Å². The Morgan fingerprint density at radius 1 is 1.14 bits per heavy atom. The van der Waals surface area contributed by atoms with E-state index in [-0.39, 0.29) is 12.5 Å². The van der Waals surface area contributed by atoms with Crippen molar-refractivity contribution in [2.75, 3.05) is 32.5 Å². The molecule has 0 saturated carbocycles. The fourth-order valence-corrected chi connectivity index (χ4v) is 3.78. The maximum absolute atomic E-state index is 12.5. The van der Waals surface area contributed by atoms with Crippen molar-refractivity contribution in [3.05, 3.63) is 64.1 Å². The summed E-state index contributed by atoms with van der Waals surface area (Å²) in [5.41, 5.74) is 1.94. The Bertz CT molecular complexity index is 944. The molecule has 0 bridgehead atoms. The monoisotopic (exact) mass is 448 g/mol. The largest absolute Gasteiger partial charge is 0.371 e. The van der Waals surface area contributed by atoms with Crippen LogP contribution in [0.3, 0.4) is 0 Å². The average molecular weight is 449 g/mol. The number of thiocarbonyl (C=S) groups is 1. The van der Waals surface area contributed by atoms with Gasteiger partial charge in [-0.3, -0.25) is 9.80 Å². The van der Waals surface area contributed by atoms with E-state index in [1.165, 1.54) is 0 Å². The molecule has 5 nitrogen and oxygen atoms in total. The average Bonchev–Trinajstić information content (AvgIpc) is 3.00. The third kappa shape index (κ3) is 4.89. The summed E-state index contributed by atoms with van der Waals surface area (Å²) in [6.07, 6.45) is 0. The van der Waals surface area contributed by atoms with Crippen LogP contribution in [0.2, 0.25) is 10.0 Å². The van der Waals surface area contributed by atoms with Gasteiger partial charge in [-0.05, 0) is 48.9 Å². The molecule has 1 amide bonds. The third-order valence-corrected chi connectivity index (χ3v) is 6.03. The fourth-order valence-electron chi connectivity index (χ4n) is 3.36. The normalized spacial score (nSPS) is 18.4. The zero-order valence-electron chi connectivity index (χ0n) is 16.4. The highest BCUT2D eigenvalue weighted by atomic mass is 35.5. The molecule has 152 valence electrons. The minimum absolute atomic E-state index is 0.116. The second-order valence-electron chi connectivity index (χ2n) is 7.36. The molecule has 1 atom stereocenters. The summed E-state index contributed by atoms with van der Waals surface area (Å²) >= 11 is 17.7. The van der Waals surface area contributed by atoms with Crippen molar-refractivity contribution in [1.29, 1.82) is 0 Å². The van der Waals surface area contributed by atoms with Crippen LogP contribution in [-0.2, 0) is 4.79 Å². The van der Waals surface area contributed by atoms with E-state index in [2.05, 4.69) is 12.2 Å². The molecule has 29 heavy (non-hydrogen) atoms. The van der Waals surface area contributed by atoms with E-state index in [0.717, 1.165) is 16.3 Å². The van der Waals surface area contributed by atoms with Gasteiger partial charge in [0.1, 0.15) is 6.54 Å². The van der Waals surface area contributed by atoms with Crippen LogP contribution in [-0.4, -0.2) is 53.7 Å². The van der Waals surface area contributed by atoms with Crippen LogP contribution < -0.4 is 5.32 Å². The number of carbonyl (C=O) groups excluding carboxylic acids is 1. The van der Waals surface area contributed by atoms with E-state index in [0.29, 0.717) is 22.3 Å². The van der Waals surface area contributed by atoms with Crippen LogP contribution in [0.25, 0.3) is 0 Å². The summed E-state index contributed by atoms with van der Waals surface area (Å²) in [7, 11) is 3.84. The number of benzene rings is 2. The standard InChI is InChI=1S/C21H22Cl2N4OS/c1-21(20(29)26(2)3)13-27(25-19(21)14-4-6-15(22)7-5-14)12-18(28)24-17-10-8-16(23)9-11-17/h4-11H,12-13H2,1-3H3,(H,24,28). The maximum atomic E-state index is 12.5. The molecule has 1 heterocycles. The molecule has 1 aliphatic heterocycles. The van der Waals surface area contributed by atoms with Gasteiger partial charge in [0.15, 0.2) is 0 Å². The van der Waals surface area contributed by atoms with Gasteiger partial charge in [-0.15, -0.1) is 0 Å². The van der Waals surface area contributed by atoms with Crippen molar-refractivity contribution in [3.8, 4) is 0 Å². The maximum Gasteiger partial charge on any atom is 0.245 e. The number of hydrazone groups is 1. The van der Waals surface area contributed by atoms with E-state index in [9.17, 15) is 4.79 Å². The molecule has 2 aromatic rings. The molecule has 0 spiro atoms. The van der Waals surface area contributed by atoms with E-state index >= 15 is 0 Å². The van der Waals surface area contributed by atoms with Gasteiger partial charge < -0.3 is 10.2 Å². The highest BCUT2D eigenvalue weighted by Crippen LogP contribution is 2.34. The lowest BCUT2D eigenvalue weighted by molar-refractivity contribution is -0.117. The molecule has 0 radical (unpaired) electrons. The van der Waals surface area contributed by atoms with E-state index in [4.69, 9.17) is 40.5 Å². The Morgan fingerprint density at radius 2 is 1.69 bits per heavy atom. The lowest BCUT2D eigenvalue weighted by Gasteiger charge is -2.31. The minimum atomic E-state index is -0.507.